The first-order valence-electron chi connectivity index (χ1n) is 8.33. The Bertz CT molecular complexity index is 362. The summed E-state index contributed by atoms with van der Waals surface area (Å²) in [5.41, 5.74) is 1.03. The highest BCUT2D eigenvalue weighted by atomic mass is 15.4. The topological polar surface area (TPSA) is 46.0 Å². The molecule has 0 bridgehead atoms. The molecule has 0 atom stereocenters. The van der Waals surface area contributed by atoms with Crippen LogP contribution in [-0.2, 0) is 13.1 Å². The van der Waals surface area contributed by atoms with Gasteiger partial charge in [0.15, 0.2) is 0 Å². The molecule has 0 saturated carbocycles. The van der Waals surface area contributed by atoms with E-state index in [0.717, 1.165) is 51.4 Å². The smallest absolute Gasteiger partial charge is 0.0964 e. The van der Waals surface area contributed by atoms with E-state index < -0.39 is 0 Å². The van der Waals surface area contributed by atoms with Crippen molar-refractivity contribution in [2.45, 2.75) is 54.1 Å². The minimum absolute atomic E-state index is 0.702. The van der Waals surface area contributed by atoms with Crippen LogP contribution in [0.1, 0.15) is 46.7 Å². The summed E-state index contributed by atoms with van der Waals surface area (Å²) < 4.78 is 1.97. The standard InChI is InChI=1S/C16H33N5/c1-6-7-17-10-16-13-21(19-18-16)9-8-20(11-14(2)3)12-15(4)5/h13-15,17H,6-12H2,1-5H3. The van der Waals surface area contributed by atoms with Gasteiger partial charge in [0.2, 0.25) is 0 Å². The summed E-state index contributed by atoms with van der Waals surface area (Å²) in [6.07, 6.45) is 3.21. The van der Waals surface area contributed by atoms with Gasteiger partial charge in [-0.3, -0.25) is 4.68 Å². The lowest BCUT2D eigenvalue weighted by atomic mass is 10.1. The van der Waals surface area contributed by atoms with Crippen LogP contribution in [0.2, 0.25) is 0 Å². The van der Waals surface area contributed by atoms with Gasteiger partial charge in [0.1, 0.15) is 0 Å². The van der Waals surface area contributed by atoms with Crippen molar-refractivity contribution in [3.63, 3.8) is 0 Å². The largest absolute Gasteiger partial charge is 0.311 e. The third kappa shape index (κ3) is 8.17. The molecular weight excluding hydrogens is 262 g/mol. The molecule has 1 heterocycles. The Morgan fingerprint density at radius 3 is 2.43 bits per heavy atom. The Morgan fingerprint density at radius 2 is 1.86 bits per heavy atom. The normalized spacial score (nSPS) is 12.0. The summed E-state index contributed by atoms with van der Waals surface area (Å²) >= 11 is 0. The van der Waals surface area contributed by atoms with E-state index in [1.807, 2.05) is 4.68 Å². The molecule has 0 fully saturated rings. The first-order valence-corrected chi connectivity index (χ1v) is 8.33. The zero-order valence-electron chi connectivity index (χ0n) is 14.5. The average molecular weight is 295 g/mol. The van der Waals surface area contributed by atoms with Gasteiger partial charge in [-0.05, 0) is 24.8 Å². The van der Waals surface area contributed by atoms with E-state index in [1.165, 1.54) is 0 Å². The summed E-state index contributed by atoms with van der Waals surface area (Å²) in [5.74, 6) is 1.40. The highest BCUT2D eigenvalue weighted by Gasteiger charge is 2.10. The van der Waals surface area contributed by atoms with Gasteiger partial charge in [0.25, 0.3) is 0 Å². The molecular formula is C16H33N5. The van der Waals surface area contributed by atoms with Crippen molar-refractivity contribution < 1.29 is 0 Å². The van der Waals surface area contributed by atoms with Crippen LogP contribution in [0.5, 0.6) is 0 Å². The Hall–Kier alpha value is -0.940. The van der Waals surface area contributed by atoms with Crippen LogP contribution in [0.3, 0.4) is 0 Å². The quantitative estimate of drug-likeness (QED) is 0.637. The van der Waals surface area contributed by atoms with Crippen LogP contribution in [-0.4, -0.2) is 46.1 Å². The lowest BCUT2D eigenvalue weighted by molar-refractivity contribution is 0.208. The van der Waals surface area contributed by atoms with Crippen molar-refractivity contribution in [3.8, 4) is 0 Å². The second-order valence-electron chi connectivity index (χ2n) is 6.70. The van der Waals surface area contributed by atoms with E-state index in [1.54, 1.807) is 0 Å². The van der Waals surface area contributed by atoms with Gasteiger partial charge in [-0.25, -0.2) is 0 Å². The first kappa shape index (κ1) is 18.1. The van der Waals surface area contributed by atoms with Gasteiger partial charge in [0, 0.05) is 32.4 Å². The van der Waals surface area contributed by atoms with Crippen molar-refractivity contribution in [1.82, 2.24) is 25.2 Å². The Kier molecular flexibility index (Phi) is 8.54. The van der Waals surface area contributed by atoms with Crippen LogP contribution in [0.15, 0.2) is 6.20 Å². The fraction of sp³-hybridized carbons (Fsp3) is 0.875. The van der Waals surface area contributed by atoms with Crippen molar-refractivity contribution in [3.05, 3.63) is 11.9 Å². The van der Waals surface area contributed by atoms with E-state index in [9.17, 15) is 0 Å². The fourth-order valence-electron chi connectivity index (χ4n) is 2.46. The van der Waals surface area contributed by atoms with Gasteiger partial charge in [0.05, 0.1) is 12.2 Å². The van der Waals surface area contributed by atoms with Crippen LogP contribution >= 0.6 is 0 Å². The molecule has 1 N–H and O–H groups in total. The maximum Gasteiger partial charge on any atom is 0.0964 e. The third-order valence-corrected chi connectivity index (χ3v) is 3.21. The third-order valence-electron chi connectivity index (χ3n) is 3.21. The number of nitrogens with zero attached hydrogens (tertiary/aromatic N) is 4. The molecule has 122 valence electrons. The number of hydrogen-bond donors (Lipinski definition) is 1. The predicted octanol–water partition coefficient (Wildman–Crippen LogP) is 2.39. The molecule has 0 aliphatic heterocycles. The highest BCUT2D eigenvalue weighted by molar-refractivity contribution is 4.91. The molecule has 0 aliphatic carbocycles. The van der Waals surface area contributed by atoms with Gasteiger partial charge >= 0.3 is 0 Å². The van der Waals surface area contributed by atoms with Crippen LogP contribution in [0.4, 0.5) is 0 Å². The Labute approximate surface area is 130 Å². The van der Waals surface area contributed by atoms with Gasteiger partial charge in [-0.2, -0.15) is 0 Å². The lowest BCUT2D eigenvalue weighted by Crippen LogP contribution is -2.34. The van der Waals surface area contributed by atoms with Gasteiger partial charge < -0.3 is 10.2 Å². The zero-order chi connectivity index (χ0) is 15.7. The molecule has 0 saturated heterocycles. The van der Waals surface area contributed by atoms with Crippen molar-refractivity contribution in [1.29, 1.82) is 0 Å². The van der Waals surface area contributed by atoms with Crippen LogP contribution < -0.4 is 5.32 Å². The number of nitrogens with one attached hydrogen (secondary N) is 1. The highest BCUT2D eigenvalue weighted by Crippen LogP contribution is 2.04. The van der Waals surface area contributed by atoms with Crippen LogP contribution in [0, 0.1) is 11.8 Å². The molecule has 0 aliphatic rings. The summed E-state index contributed by atoms with van der Waals surface area (Å²) in [5, 5.41) is 11.8. The van der Waals surface area contributed by atoms with Gasteiger partial charge in [-0.1, -0.05) is 39.8 Å². The summed E-state index contributed by atoms with van der Waals surface area (Å²) in [6.45, 7) is 17.4. The molecule has 0 unspecified atom stereocenters. The average Bonchev–Trinajstić information content (AvgIpc) is 2.83. The van der Waals surface area contributed by atoms with Crippen molar-refractivity contribution >= 4 is 0 Å². The maximum absolute atomic E-state index is 4.23. The second-order valence-corrected chi connectivity index (χ2v) is 6.70. The molecule has 21 heavy (non-hydrogen) atoms. The minimum atomic E-state index is 0.702. The first-order chi connectivity index (χ1) is 10.0. The molecule has 0 aromatic carbocycles. The molecule has 1 aromatic heterocycles. The zero-order valence-corrected chi connectivity index (χ0v) is 14.5. The monoisotopic (exact) mass is 295 g/mol. The second kappa shape index (κ2) is 9.90. The van der Waals surface area contributed by atoms with Crippen LogP contribution in [0.25, 0.3) is 0 Å². The molecule has 0 spiro atoms. The van der Waals surface area contributed by atoms with E-state index in [4.69, 9.17) is 0 Å². The Morgan fingerprint density at radius 1 is 1.19 bits per heavy atom. The SMILES string of the molecule is CCCNCc1cn(CCN(CC(C)C)CC(C)C)nn1. The molecule has 0 radical (unpaired) electrons. The summed E-state index contributed by atoms with van der Waals surface area (Å²) in [7, 11) is 0. The predicted molar refractivity (Wildman–Crippen MR) is 88.1 cm³/mol. The molecule has 1 rings (SSSR count). The lowest BCUT2D eigenvalue weighted by Gasteiger charge is -2.25. The summed E-state index contributed by atoms with van der Waals surface area (Å²) in [6, 6.07) is 0. The number of aromatic nitrogens is 3. The number of rotatable bonds is 11. The Balaban J connectivity index is 2.40. The van der Waals surface area contributed by atoms with Gasteiger partial charge in [-0.15, -0.1) is 5.10 Å². The van der Waals surface area contributed by atoms with Crippen molar-refractivity contribution in [2.75, 3.05) is 26.2 Å². The molecule has 1 aromatic rings. The minimum Gasteiger partial charge on any atom is -0.311 e. The van der Waals surface area contributed by atoms with E-state index in [0.29, 0.717) is 11.8 Å². The molecule has 5 heteroatoms. The van der Waals surface area contributed by atoms with E-state index in [-0.39, 0.29) is 0 Å². The van der Waals surface area contributed by atoms with E-state index in [2.05, 4.69) is 61.3 Å². The van der Waals surface area contributed by atoms with Crippen molar-refractivity contribution in [2.24, 2.45) is 11.8 Å². The molecule has 5 nitrogen and oxygen atoms in total. The summed E-state index contributed by atoms with van der Waals surface area (Å²) in [4.78, 5) is 2.53. The fourth-order valence-corrected chi connectivity index (χ4v) is 2.46. The number of hydrogen-bond acceptors (Lipinski definition) is 4. The maximum atomic E-state index is 4.23. The van der Waals surface area contributed by atoms with E-state index >= 15 is 0 Å². The molecule has 0 amide bonds.